The van der Waals surface area contributed by atoms with Crippen molar-refractivity contribution in [1.29, 1.82) is 0 Å². The summed E-state index contributed by atoms with van der Waals surface area (Å²) >= 11 is 0. The van der Waals surface area contributed by atoms with E-state index in [1.54, 1.807) is 18.5 Å². The lowest BCUT2D eigenvalue weighted by atomic mass is 9.93. The maximum absolute atomic E-state index is 9.71. The first-order valence-corrected chi connectivity index (χ1v) is 5.08. The monoisotopic (exact) mass is 193 g/mol. The van der Waals surface area contributed by atoms with Crippen LogP contribution in [0.4, 0.5) is 5.95 Å². The van der Waals surface area contributed by atoms with Gasteiger partial charge in [-0.15, -0.1) is 0 Å². The van der Waals surface area contributed by atoms with Gasteiger partial charge in [0.25, 0.3) is 0 Å². The van der Waals surface area contributed by atoms with Gasteiger partial charge in [-0.05, 0) is 18.9 Å². The molecule has 1 aliphatic rings. The molecule has 0 radical (unpaired) electrons. The van der Waals surface area contributed by atoms with E-state index in [9.17, 15) is 5.11 Å². The molecule has 0 saturated heterocycles. The highest BCUT2D eigenvalue weighted by molar-refractivity contribution is 5.25. The van der Waals surface area contributed by atoms with Crippen LogP contribution in [0.5, 0.6) is 0 Å². The van der Waals surface area contributed by atoms with Crippen LogP contribution < -0.4 is 5.32 Å². The zero-order chi connectivity index (χ0) is 9.80. The van der Waals surface area contributed by atoms with Crippen molar-refractivity contribution in [3.63, 3.8) is 0 Å². The van der Waals surface area contributed by atoms with Crippen LogP contribution in [0.25, 0.3) is 0 Å². The third kappa shape index (κ3) is 2.20. The fourth-order valence-corrected chi connectivity index (χ4v) is 1.82. The molecule has 2 N–H and O–H groups in total. The van der Waals surface area contributed by atoms with Crippen molar-refractivity contribution < 1.29 is 5.11 Å². The molecule has 4 nitrogen and oxygen atoms in total. The number of hydrogen-bond donors (Lipinski definition) is 2. The normalized spacial score (nSPS) is 27.2. The third-order valence-corrected chi connectivity index (χ3v) is 2.61. The summed E-state index contributed by atoms with van der Waals surface area (Å²) in [6.45, 7) is 0. The highest BCUT2D eigenvalue weighted by Gasteiger charge is 2.23. The van der Waals surface area contributed by atoms with Crippen molar-refractivity contribution in [2.75, 3.05) is 5.32 Å². The first-order chi connectivity index (χ1) is 6.86. The van der Waals surface area contributed by atoms with Crippen molar-refractivity contribution in [3.8, 4) is 0 Å². The largest absolute Gasteiger partial charge is 0.391 e. The number of nitrogens with zero attached hydrogens (tertiary/aromatic N) is 2. The Morgan fingerprint density at radius 1 is 1.21 bits per heavy atom. The van der Waals surface area contributed by atoms with E-state index in [-0.39, 0.29) is 12.1 Å². The van der Waals surface area contributed by atoms with Gasteiger partial charge in [0.05, 0.1) is 12.1 Å². The number of aliphatic hydroxyl groups is 1. The summed E-state index contributed by atoms with van der Waals surface area (Å²) in [5, 5.41) is 12.9. The van der Waals surface area contributed by atoms with Crippen molar-refractivity contribution in [1.82, 2.24) is 9.97 Å². The highest BCUT2D eigenvalue weighted by Crippen LogP contribution is 2.20. The van der Waals surface area contributed by atoms with Crippen LogP contribution >= 0.6 is 0 Å². The van der Waals surface area contributed by atoms with Crippen molar-refractivity contribution in [2.45, 2.75) is 37.8 Å². The number of rotatable bonds is 2. The fraction of sp³-hybridized carbons (Fsp3) is 0.600. The molecule has 2 rings (SSSR count). The average Bonchev–Trinajstić information content (AvgIpc) is 2.23. The Labute approximate surface area is 83.4 Å². The Bertz CT molecular complexity index is 278. The van der Waals surface area contributed by atoms with Gasteiger partial charge in [-0.3, -0.25) is 0 Å². The molecule has 2 atom stereocenters. The van der Waals surface area contributed by atoms with Gasteiger partial charge in [0.2, 0.25) is 5.95 Å². The van der Waals surface area contributed by atoms with Crippen LogP contribution in [-0.4, -0.2) is 27.2 Å². The van der Waals surface area contributed by atoms with Crippen LogP contribution in [0, 0.1) is 0 Å². The third-order valence-electron chi connectivity index (χ3n) is 2.61. The fourth-order valence-electron chi connectivity index (χ4n) is 1.82. The van der Waals surface area contributed by atoms with Gasteiger partial charge in [-0.2, -0.15) is 0 Å². The van der Waals surface area contributed by atoms with E-state index >= 15 is 0 Å². The van der Waals surface area contributed by atoms with Gasteiger partial charge in [0.15, 0.2) is 0 Å². The van der Waals surface area contributed by atoms with Crippen molar-refractivity contribution in [2.24, 2.45) is 0 Å². The number of hydrogen-bond acceptors (Lipinski definition) is 4. The first kappa shape index (κ1) is 9.40. The highest BCUT2D eigenvalue weighted by atomic mass is 16.3. The number of aromatic nitrogens is 2. The zero-order valence-corrected chi connectivity index (χ0v) is 8.06. The first-order valence-electron chi connectivity index (χ1n) is 5.08. The lowest BCUT2D eigenvalue weighted by Gasteiger charge is -2.28. The summed E-state index contributed by atoms with van der Waals surface area (Å²) < 4.78 is 0. The molecular formula is C10H15N3O. The van der Waals surface area contributed by atoms with E-state index in [0.29, 0.717) is 5.95 Å². The maximum atomic E-state index is 9.71. The van der Waals surface area contributed by atoms with Crippen LogP contribution in [0.3, 0.4) is 0 Å². The Morgan fingerprint density at radius 2 is 1.93 bits per heavy atom. The lowest BCUT2D eigenvalue weighted by Crippen LogP contribution is -2.36. The molecule has 0 amide bonds. The molecule has 0 aromatic carbocycles. The molecule has 0 spiro atoms. The van der Waals surface area contributed by atoms with E-state index in [4.69, 9.17) is 0 Å². The minimum absolute atomic E-state index is 0.117. The molecule has 0 unspecified atom stereocenters. The second kappa shape index (κ2) is 4.37. The second-order valence-electron chi connectivity index (χ2n) is 3.68. The minimum Gasteiger partial charge on any atom is -0.391 e. The molecule has 76 valence electrons. The predicted molar refractivity (Wildman–Crippen MR) is 53.9 cm³/mol. The van der Waals surface area contributed by atoms with Crippen molar-refractivity contribution >= 4 is 5.95 Å². The molecule has 1 aromatic heterocycles. The van der Waals surface area contributed by atoms with E-state index in [1.165, 1.54) is 6.42 Å². The topological polar surface area (TPSA) is 58.0 Å². The number of anilines is 1. The van der Waals surface area contributed by atoms with Gasteiger partial charge in [-0.1, -0.05) is 12.8 Å². The Morgan fingerprint density at radius 3 is 2.64 bits per heavy atom. The standard InChI is InChI=1S/C10H15N3O/c14-9-5-2-1-4-8(9)13-10-11-6-3-7-12-10/h3,6-9,14H,1-2,4-5H2,(H,11,12,13)/t8-,9+/m0/s1. The predicted octanol–water partition coefficient (Wildman–Crippen LogP) is 1.19. The molecule has 1 aromatic rings. The van der Waals surface area contributed by atoms with Gasteiger partial charge in [0, 0.05) is 12.4 Å². The summed E-state index contributed by atoms with van der Waals surface area (Å²) in [5.74, 6) is 0.610. The van der Waals surface area contributed by atoms with E-state index in [2.05, 4.69) is 15.3 Å². The van der Waals surface area contributed by atoms with E-state index in [0.717, 1.165) is 19.3 Å². The van der Waals surface area contributed by atoms with E-state index < -0.39 is 0 Å². The Hall–Kier alpha value is -1.16. The van der Waals surface area contributed by atoms with Gasteiger partial charge < -0.3 is 10.4 Å². The number of aliphatic hydroxyl groups excluding tert-OH is 1. The molecule has 1 saturated carbocycles. The van der Waals surface area contributed by atoms with Gasteiger partial charge >= 0.3 is 0 Å². The molecule has 1 heterocycles. The molecule has 4 heteroatoms. The van der Waals surface area contributed by atoms with Crippen LogP contribution in [0.15, 0.2) is 18.5 Å². The maximum Gasteiger partial charge on any atom is 0.222 e. The molecule has 1 fully saturated rings. The van der Waals surface area contributed by atoms with E-state index in [1.807, 2.05) is 0 Å². The smallest absolute Gasteiger partial charge is 0.222 e. The number of nitrogens with one attached hydrogen (secondary N) is 1. The van der Waals surface area contributed by atoms with Gasteiger partial charge in [-0.25, -0.2) is 9.97 Å². The molecular weight excluding hydrogens is 178 g/mol. The minimum atomic E-state index is -0.257. The Kier molecular flexibility index (Phi) is 2.93. The van der Waals surface area contributed by atoms with Crippen LogP contribution in [-0.2, 0) is 0 Å². The molecule has 0 aliphatic heterocycles. The van der Waals surface area contributed by atoms with Crippen LogP contribution in [0.1, 0.15) is 25.7 Å². The quantitative estimate of drug-likeness (QED) is 0.740. The summed E-state index contributed by atoms with van der Waals surface area (Å²) in [4.78, 5) is 8.15. The van der Waals surface area contributed by atoms with Crippen molar-refractivity contribution in [3.05, 3.63) is 18.5 Å². The summed E-state index contributed by atoms with van der Waals surface area (Å²) in [5.41, 5.74) is 0. The summed E-state index contributed by atoms with van der Waals surface area (Å²) in [7, 11) is 0. The van der Waals surface area contributed by atoms with Gasteiger partial charge in [0.1, 0.15) is 0 Å². The zero-order valence-electron chi connectivity index (χ0n) is 8.06. The lowest BCUT2D eigenvalue weighted by molar-refractivity contribution is 0.116. The second-order valence-corrected chi connectivity index (χ2v) is 3.68. The summed E-state index contributed by atoms with van der Waals surface area (Å²) in [6.07, 6.45) is 7.31. The molecule has 14 heavy (non-hydrogen) atoms. The average molecular weight is 193 g/mol. The summed E-state index contributed by atoms with van der Waals surface area (Å²) in [6, 6.07) is 1.90. The Balaban J connectivity index is 1.96. The molecule has 1 aliphatic carbocycles. The molecule has 0 bridgehead atoms. The van der Waals surface area contributed by atoms with Crippen LogP contribution in [0.2, 0.25) is 0 Å². The SMILES string of the molecule is O[C@@H]1CCCC[C@@H]1Nc1ncccn1.